The van der Waals surface area contributed by atoms with Gasteiger partial charge in [-0.05, 0) is 24.2 Å². The van der Waals surface area contributed by atoms with Crippen LogP contribution in [-0.2, 0) is 4.79 Å². The number of carboxylic acid groups (broad SMARTS) is 1. The first kappa shape index (κ1) is 15.5. The first-order valence-corrected chi connectivity index (χ1v) is 6.37. The van der Waals surface area contributed by atoms with Crippen molar-refractivity contribution in [3.8, 4) is 0 Å². The Hall–Kier alpha value is -1.53. The Kier molecular flexibility index (Phi) is 5.85. The molecule has 3 N–H and O–H groups in total. The lowest BCUT2D eigenvalue weighted by atomic mass is 10.0. The molecule has 0 saturated carbocycles. The Labute approximate surface area is 117 Å². The smallest absolute Gasteiger partial charge is 0.304 e. The third-order valence-corrected chi connectivity index (χ3v) is 3.06. The molecule has 6 heteroatoms. The molecule has 4 nitrogen and oxygen atoms in total. The topological polar surface area (TPSA) is 66.6 Å². The molecule has 1 aromatic rings. The minimum Gasteiger partial charge on any atom is -0.481 e. The Balaban J connectivity index is 2.94. The summed E-state index contributed by atoms with van der Waals surface area (Å²) in [7, 11) is 0. The summed E-state index contributed by atoms with van der Waals surface area (Å²) >= 11 is 5.05. The van der Waals surface area contributed by atoms with Gasteiger partial charge in [0.05, 0.1) is 17.5 Å². The average Bonchev–Trinajstić information content (AvgIpc) is 2.35. The van der Waals surface area contributed by atoms with E-state index in [1.54, 1.807) is 12.1 Å². The Morgan fingerprint density at radius 1 is 1.47 bits per heavy atom. The average molecular weight is 284 g/mol. The summed E-state index contributed by atoms with van der Waals surface area (Å²) in [6.45, 7) is 2.84. The maximum Gasteiger partial charge on any atom is 0.304 e. The van der Waals surface area contributed by atoms with Crippen LogP contribution in [0.15, 0.2) is 24.3 Å². The van der Waals surface area contributed by atoms with Crippen LogP contribution in [0.4, 0.5) is 4.39 Å². The van der Waals surface area contributed by atoms with E-state index in [9.17, 15) is 9.18 Å². The van der Waals surface area contributed by atoms with Gasteiger partial charge >= 0.3 is 5.97 Å². The number of aliphatic carboxylic acids is 1. The highest BCUT2D eigenvalue weighted by Gasteiger charge is 2.22. The SMILES string of the molecule is CCN(CCC(=O)O)C(C(N)=S)c1ccc(F)cc1. The van der Waals surface area contributed by atoms with Gasteiger partial charge in [0.1, 0.15) is 5.82 Å². The van der Waals surface area contributed by atoms with E-state index in [0.29, 0.717) is 13.1 Å². The molecule has 1 rings (SSSR count). The van der Waals surface area contributed by atoms with Crippen LogP contribution in [-0.4, -0.2) is 34.1 Å². The van der Waals surface area contributed by atoms with Crippen molar-refractivity contribution < 1.29 is 14.3 Å². The Bertz CT molecular complexity index is 450. The molecule has 1 aromatic carbocycles. The number of nitrogens with two attached hydrogens (primary N) is 1. The number of benzene rings is 1. The molecule has 0 spiro atoms. The second kappa shape index (κ2) is 7.16. The van der Waals surface area contributed by atoms with Crippen LogP contribution in [0.1, 0.15) is 24.9 Å². The van der Waals surface area contributed by atoms with Crippen LogP contribution in [0.25, 0.3) is 0 Å². The summed E-state index contributed by atoms with van der Waals surface area (Å²) in [5, 5.41) is 8.74. The van der Waals surface area contributed by atoms with Gasteiger partial charge in [0.15, 0.2) is 0 Å². The van der Waals surface area contributed by atoms with Crippen LogP contribution in [0.3, 0.4) is 0 Å². The molecule has 0 aliphatic rings. The van der Waals surface area contributed by atoms with E-state index in [1.807, 2.05) is 11.8 Å². The molecule has 0 amide bonds. The molecule has 104 valence electrons. The summed E-state index contributed by atoms with van der Waals surface area (Å²) in [6, 6.07) is 5.53. The minimum absolute atomic E-state index is 0.00808. The molecule has 19 heavy (non-hydrogen) atoms. The molecule has 0 heterocycles. The summed E-state index contributed by atoms with van der Waals surface area (Å²) in [4.78, 5) is 12.8. The zero-order valence-corrected chi connectivity index (χ0v) is 11.5. The first-order chi connectivity index (χ1) is 8.95. The van der Waals surface area contributed by atoms with Crippen LogP contribution < -0.4 is 5.73 Å². The van der Waals surface area contributed by atoms with Gasteiger partial charge in [0.25, 0.3) is 0 Å². The van der Waals surface area contributed by atoms with Gasteiger partial charge in [-0.3, -0.25) is 9.69 Å². The highest BCUT2D eigenvalue weighted by Crippen LogP contribution is 2.21. The molecule has 0 bridgehead atoms. The summed E-state index contributed by atoms with van der Waals surface area (Å²) in [5.41, 5.74) is 6.50. The van der Waals surface area contributed by atoms with Crippen molar-refractivity contribution in [1.29, 1.82) is 0 Å². The van der Waals surface area contributed by atoms with Crippen molar-refractivity contribution in [3.63, 3.8) is 0 Å². The van der Waals surface area contributed by atoms with Crippen LogP contribution in [0.5, 0.6) is 0 Å². The lowest BCUT2D eigenvalue weighted by molar-refractivity contribution is -0.137. The second-order valence-corrected chi connectivity index (χ2v) is 4.60. The highest BCUT2D eigenvalue weighted by molar-refractivity contribution is 7.80. The van der Waals surface area contributed by atoms with Crippen molar-refractivity contribution in [2.75, 3.05) is 13.1 Å². The van der Waals surface area contributed by atoms with Crippen LogP contribution in [0, 0.1) is 5.82 Å². The van der Waals surface area contributed by atoms with E-state index in [-0.39, 0.29) is 23.3 Å². The van der Waals surface area contributed by atoms with Crippen LogP contribution >= 0.6 is 12.2 Å². The van der Waals surface area contributed by atoms with E-state index in [4.69, 9.17) is 23.1 Å². The fraction of sp³-hybridized carbons (Fsp3) is 0.385. The fourth-order valence-corrected chi connectivity index (χ4v) is 2.19. The number of hydrogen-bond acceptors (Lipinski definition) is 3. The number of carbonyl (C=O) groups is 1. The molecule has 0 aliphatic carbocycles. The number of thiocarbonyl (C=S) groups is 1. The maximum absolute atomic E-state index is 12.9. The number of halogens is 1. The number of likely N-dealkylation sites (N-methyl/N-ethyl adjacent to an activating group) is 1. The fourth-order valence-electron chi connectivity index (χ4n) is 1.91. The van der Waals surface area contributed by atoms with Gasteiger partial charge in [-0.1, -0.05) is 31.3 Å². The van der Waals surface area contributed by atoms with E-state index in [2.05, 4.69) is 0 Å². The highest BCUT2D eigenvalue weighted by atomic mass is 32.1. The number of carboxylic acids is 1. The molecular formula is C13H17FN2O2S. The molecule has 0 aliphatic heterocycles. The zero-order valence-electron chi connectivity index (χ0n) is 10.7. The summed E-state index contributed by atoms with van der Waals surface area (Å²) < 4.78 is 12.9. The van der Waals surface area contributed by atoms with E-state index < -0.39 is 5.97 Å². The van der Waals surface area contributed by atoms with Crippen molar-refractivity contribution in [2.24, 2.45) is 5.73 Å². The van der Waals surface area contributed by atoms with Crippen molar-refractivity contribution in [1.82, 2.24) is 4.90 Å². The summed E-state index contributed by atoms with van der Waals surface area (Å²) in [6.07, 6.45) is 0.00808. The summed E-state index contributed by atoms with van der Waals surface area (Å²) in [5.74, 6) is -1.21. The maximum atomic E-state index is 12.9. The predicted molar refractivity (Wildman–Crippen MR) is 75.4 cm³/mol. The van der Waals surface area contributed by atoms with Crippen LogP contribution in [0.2, 0.25) is 0 Å². The third kappa shape index (κ3) is 4.57. The molecule has 1 unspecified atom stereocenters. The largest absolute Gasteiger partial charge is 0.481 e. The van der Waals surface area contributed by atoms with Gasteiger partial charge in [-0.15, -0.1) is 0 Å². The lowest BCUT2D eigenvalue weighted by Gasteiger charge is -2.29. The number of rotatable bonds is 7. The number of hydrogen-bond donors (Lipinski definition) is 2. The molecule has 0 saturated heterocycles. The van der Waals surface area contributed by atoms with Gasteiger partial charge in [0, 0.05) is 6.54 Å². The third-order valence-electron chi connectivity index (χ3n) is 2.84. The quantitative estimate of drug-likeness (QED) is 0.749. The van der Waals surface area contributed by atoms with E-state index in [1.165, 1.54) is 12.1 Å². The van der Waals surface area contributed by atoms with Gasteiger partial charge in [0.2, 0.25) is 0 Å². The van der Waals surface area contributed by atoms with Crippen molar-refractivity contribution in [3.05, 3.63) is 35.6 Å². The second-order valence-electron chi connectivity index (χ2n) is 4.13. The van der Waals surface area contributed by atoms with Gasteiger partial charge in [-0.2, -0.15) is 0 Å². The Morgan fingerprint density at radius 2 is 2.05 bits per heavy atom. The van der Waals surface area contributed by atoms with E-state index in [0.717, 1.165) is 5.56 Å². The lowest BCUT2D eigenvalue weighted by Crippen LogP contribution is -2.38. The number of nitrogens with zero attached hydrogens (tertiary/aromatic N) is 1. The van der Waals surface area contributed by atoms with Gasteiger partial charge in [-0.25, -0.2) is 4.39 Å². The molecule has 1 atom stereocenters. The van der Waals surface area contributed by atoms with E-state index >= 15 is 0 Å². The molecule has 0 radical (unpaired) electrons. The standard InChI is InChI=1S/C13H17FN2O2S/c1-2-16(8-7-11(17)18)12(13(15)19)9-3-5-10(14)6-4-9/h3-6,12H,2,7-8H2,1H3,(H2,15,19)(H,17,18). The normalized spacial score (nSPS) is 12.4. The Morgan fingerprint density at radius 3 is 2.47 bits per heavy atom. The predicted octanol–water partition coefficient (Wildman–Crippen LogP) is 1.95. The van der Waals surface area contributed by atoms with Crippen molar-refractivity contribution >= 4 is 23.2 Å². The van der Waals surface area contributed by atoms with Crippen molar-refractivity contribution in [2.45, 2.75) is 19.4 Å². The molecule has 0 aromatic heterocycles. The molecular weight excluding hydrogens is 267 g/mol. The molecule has 0 fully saturated rings. The van der Waals surface area contributed by atoms with Gasteiger partial charge < -0.3 is 10.8 Å². The first-order valence-electron chi connectivity index (χ1n) is 5.96. The zero-order chi connectivity index (χ0) is 14.4. The monoisotopic (exact) mass is 284 g/mol. The minimum atomic E-state index is -0.876.